The van der Waals surface area contributed by atoms with E-state index in [9.17, 15) is 5.11 Å². The van der Waals surface area contributed by atoms with Crippen LogP contribution in [0.4, 0.5) is 0 Å². The number of hydrogen-bond donors (Lipinski definition) is 1. The second kappa shape index (κ2) is 9.13. The first-order valence-electron chi connectivity index (χ1n) is 6.12. The monoisotopic (exact) mass is 217 g/mol. The number of rotatable bonds is 9. The second-order valence-corrected chi connectivity index (χ2v) is 4.28. The summed E-state index contributed by atoms with van der Waals surface area (Å²) < 4.78 is 5.38. The molecule has 0 rings (SSSR count). The third-order valence-electron chi connectivity index (χ3n) is 2.37. The molecule has 0 amide bonds. The molecular formula is C12H27NO2. The first-order valence-corrected chi connectivity index (χ1v) is 6.12. The van der Waals surface area contributed by atoms with E-state index in [1.807, 2.05) is 13.8 Å². The summed E-state index contributed by atoms with van der Waals surface area (Å²) in [5, 5.41) is 9.73. The van der Waals surface area contributed by atoms with Gasteiger partial charge in [0, 0.05) is 6.54 Å². The Balaban J connectivity index is 3.64. The van der Waals surface area contributed by atoms with Gasteiger partial charge >= 0.3 is 0 Å². The first-order chi connectivity index (χ1) is 7.10. The number of ether oxygens (including phenoxy) is 1. The molecule has 0 aromatic rings. The van der Waals surface area contributed by atoms with Gasteiger partial charge in [0.1, 0.15) is 0 Å². The SMILES string of the molecule is CCCCN(CC)CC(O)COC(C)C. The minimum absolute atomic E-state index is 0.199. The van der Waals surface area contributed by atoms with E-state index in [2.05, 4.69) is 18.7 Å². The summed E-state index contributed by atoms with van der Waals surface area (Å²) in [6.07, 6.45) is 2.25. The van der Waals surface area contributed by atoms with Gasteiger partial charge in [-0.3, -0.25) is 0 Å². The highest BCUT2D eigenvalue weighted by molar-refractivity contribution is 4.63. The lowest BCUT2D eigenvalue weighted by Crippen LogP contribution is -2.36. The summed E-state index contributed by atoms with van der Waals surface area (Å²) in [4.78, 5) is 2.28. The summed E-state index contributed by atoms with van der Waals surface area (Å²) in [7, 11) is 0. The van der Waals surface area contributed by atoms with Crippen molar-refractivity contribution >= 4 is 0 Å². The molecule has 0 heterocycles. The van der Waals surface area contributed by atoms with Gasteiger partial charge in [0.15, 0.2) is 0 Å². The van der Waals surface area contributed by atoms with Crippen LogP contribution in [0.25, 0.3) is 0 Å². The zero-order valence-corrected chi connectivity index (χ0v) is 10.7. The first kappa shape index (κ1) is 14.9. The van der Waals surface area contributed by atoms with Crippen LogP contribution in [-0.2, 0) is 4.74 Å². The van der Waals surface area contributed by atoms with Gasteiger partial charge in [-0.15, -0.1) is 0 Å². The molecule has 1 atom stereocenters. The Labute approximate surface area is 94.4 Å². The molecule has 0 aliphatic carbocycles. The van der Waals surface area contributed by atoms with Crippen LogP contribution in [0.15, 0.2) is 0 Å². The Morgan fingerprint density at radius 3 is 2.40 bits per heavy atom. The van der Waals surface area contributed by atoms with Crippen molar-refractivity contribution in [3.8, 4) is 0 Å². The predicted molar refractivity (Wildman–Crippen MR) is 64.1 cm³/mol. The van der Waals surface area contributed by atoms with Crippen molar-refractivity contribution in [1.29, 1.82) is 0 Å². The topological polar surface area (TPSA) is 32.7 Å². The fourth-order valence-corrected chi connectivity index (χ4v) is 1.41. The van der Waals surface area contributed by atoms with Gasteiger partial charge in [-0.05, 0) is 33.4 Å². The zero-order chi connectivity index (χ0) is 11.7. The summed E-state index contributed by atoms with van der Waals surface area (Å²) in [6, 6.07) is 0. The lowest BCUT2D eigenvalue weighted by molar-refractivity contribution is -0.00799. The third-order valence-corrected chi connectivity index (χ3v) is 2.37. The number of aliphatic hydroxyl groups excluding tert-OH is 1. The number of hydrogen-bond acceptors (Lipinski definition) is 3. The van der Waals surface area contributed by atoms with Crippen LogP contribution in [0.5, 0.6) is 0 Å². The fourth-order valence-electron chi connectivity index (χ4n) is 1.41. The van der Waals surface area contributed by atoms with E-state index >= 15 is 0 Å². The molecule has 0 bridgehead atoms. The van der Waals surface area contributed by atoms with Crippen molar-refractivity contribution in [3.05, 3.63) is 0 Å². The second-order valence-electron chi connectivity index (χ2n) is 4.28. The van der Waals surface area contributed by atoms with Gasteiger partial charge in [-0.2, -0.15) is 0 Å². The Morgan fingerprint density at radius 1 is 1.27 bits per heavy atom. The molecule has 0 aliphatic rings. The van der Waals surface area contributed by atoms with E-state index in [4.69, 9.17) is 4.74 Å². The van der Waals surface area contributed by atoms with Gasteiger partial charge in [0.05, 0.1) is 18.8 Å². The van der Waals surface area contributed by atoms with E-state index in [0.29, 0.717) is 6.61 Å². The third kappa shape index (κ3) is 8.85. The molecule has 3 heteroatoms. The average molecular weight is 217 g/mol. The van der Waals surface area contributed by atoms with E-state index in [1.54, 1.807) is 0 Å². The van der Waals surface area contributed by atoms with Crippen molar-refractivity contribution in [2.45, 2.75) is 52.7 Å². The maximum absolute atomic E-state index is 9.73. The number of nitrogens with zero attached hydrogens (tertiary/aromatic N) is 1. The standard InChI is InChI=1S/C12H27NO2/c1-5-7-8-13(6-2)9-12(14)10-15-11(3)4/h11-12,14H,5-10H2,1-4H3. The van der Waals surface area contributed by atoms with Crippen molar-refractivity contribution in [1.82, 2.24) is 4.90 Å². The fraction of sp³-hybridized carbons (Fsp3) is 1.00. The summed E-state index contributed by atoms with van der Waals surface area (Å²) in [5.41, 5.74) is 0. The highest BCUT2D eigenvalue weighted by atomic mass is 16.5. The van der Waals surface area contributed by atoms with E-state index in [0.717, 1.165) is 19.6 Å². The molecule has 0 fully saturated rings. The van der Waals surface area contributed by atoms with Crippen LogP contribution >= 0.6 is 0 Å². The normalized spacial score (nSPS) is 13.8. The minimum atomic E-state index is -0.357. The van der Waals surface area contributed by atoms with E-state index in [1.165, 1.54) is 12.8 Å². The molecule has 0 aliphatic heterocycles. The Kier molecular flexibility index (Phi) is 9.06. The van der Waals surface area contributed by atoms with Crippen molar-refractivity contribution < 1.29 is 9.84 Å². The quantitative estimate of drug-likeness (QED) is 0.640. The highest BCUT2D eigenvalue weighted by Gasteiger charge is 2.10. The van der Waals surface area contributed by atoms with Crippen LogP contribution in [0, 0.1) is 0 Å². The van der Waals surface area contributed by atoms with Crippen LogP contribution < -0.4 is 0 Å². The Hall–Kier alpha value is -0.120. The average Bonchev–Trinajstić information content (AvgIpc) is 2.21. The van der Waals surface area contributed by atoms with Crippen molar-refractivity contribution in [2.75, 3.05) is 26.2 Å². The number of likely N-dealkylation sites (N-methyl/N-ethyl adjacent to an activating group) is 1. The largest absolute Gasteiger partial charge is 0.389 e. The van der Waals surface area contributed by atoms with E-state index < -0.39 is 0 Å². The van der Waals surface area contributed by atoms with Crippen molar-refractivity contribution in [2.24, 2.45) is 0 Å². The van der Waals surface area contributed by atoms with Gasteiger partial charge in [0.25, 0.3) is 0 Å². The molecule has 1 unspecified atom stereocenters. The van der Waals surface area contributed by atoms with Crippen molar-refractivity contribution in [3.63, 3.8) is 0 Å². The number of aliphatic hydroxyl groups is 1. The van der Waals surface area contributed by atoms with Crippen LogP contribution in [0.1, 0.15) is 40.5 Å². The molecular weight excluding hydrogens is 190 g/mol. The van der Waals surface area contributed by atoms with Crippen LogP contribution in [-0.4, -0.2) is 48.5 Å². The molecule has 1 N–H and O–H groups in total. The number of unbranched alkanes of at least 4 members (excludes halogenated alkanes) is 1. The molecule has 92 valence electrons. The Bertz CT molecular complexity index is 140. The summed E-state index contributed by atoms with van der Waals surface area (Å²) in [5.74, 6) is 0. The van der Waals surface area contributed by atoms with E-state index in [-0.39, 0.29) is 12.2 Å². The highest BCUT2D eigenvalue weighted by Crippen LogP contribution is 1.99. The molecule has 3 nitrogen and oxygen atoms in total. The summed E-state index contributed by atoms with van der Waals surface area (Å²) >= 11 is 0. The minimum Gasteiger partial charge on any atom is -0.389 e. The maximum atomic E-state index is 9.73. The van der Waals surface area contributed by atoms with Gasteiger partial charge in [-0.25, -0.2) is 0 Å². The lowest BCUT2D eigenvalue weighted by Gasteiger charge is -2.23. The molecule has 15 heavy (non-hydrogen) atoms. The molecule has 0 saturated carbocycles. The lowest BCUT2D eigenvalue weighted by atomic mass is 10.2. The maximum Gasteiger partial charge on any atom is 0.0900 e. The molecule has 0 spiro atoms. The summed E-state index contributed by atoms with van der Waals surface area (Å²) in [6.45, 7) is 11.5. The molecule has 0 aromatic heterocycles. The predicted octanol–water partition coefficient (Wildman–Crippen LogP) is 1.89. The Morgan fingerprint density at radius 2 is 1.93 bits per heavy atom. The molecule has 0 radical (unpaired) electrons. The smallest absolute Gasteiger partial charge is 0.0900 e. The van der Waals surface area contributed by atoms with Crippen LogP contribution in [0.3, 0.4) is 0 Å². The van der Waals surface area contributed by atoms with Gasteiger partial charge in [-0.1, -0.05) is 20.3 Å². The zero-order valence-electron chi connectivity index (χ0n) is 10.7. The molecule has 0 saturated heterocycles. The van der Waals surface area contributed by atoms with Gasteiger partial charge in [0.2, 0.25) is 0 Å². The molecule has 0 aromatic carbocycles. The van der Waals surface area contributed by atoms with Gasteiger partial charge < -0.3 is 14.7 Å². The van der Waals surface area contributed by atoms with Crippen LogP contribution in [0.2, 0.25) is 0 Å².